The van der Waals surface area contributed by atoms with Gasteiger partial charge in [0.2, 0.25) is 0 Å². The third-order valence-electron chi connectivity index (χ3n) is 3.00. The Morgan fingerprint density at radius 1 is 1.55 bits per heavy atom. The molecule has 1 N–H and O–H groups in total. The van der Waals surface area contributed by atoms with Crippen molar-refractivity contribution in [2.75, 3.05) is 7.05 Å². The second-order valence-corrected chi connectivity index (χ2v) is 3.65. The van der Waals surface area contributed by atoms with Gasteiger partial charge in [-0.25, -0.2) is 0 Å². The lowest BCUT2D eigenvalue weighted by Crippen LogP contribution is -2.22. The van der Waals surface area contributed by atoms with Crippen LogP contribution < -0.4 is 5.32 Å². The second kappa shape index (κ2) is 3.91. The summed E-state index contributed by atoms with van der Waals surface area (Å²) < 4.78 is 0. The van der Waals surface area contributed by atoms with Crippen molar-refractivity contribution in [3.05, 3.63) is 12.7 Å². The summed E-state index contributed by atoms with van der Waals surface area (Å²) in [6.07, 6.45) is 6.14. The molecule has 1 fully saturated rings. The first kappa shape index (κ1) is 8.79. The number of nitrogens with one attached hydrogen (secondary N) is 1. The third-order valence-corrected chi connectivity index (χ3v) is 3.00. The minimum Gasteiger partial charge on any atom is -0.317 e. The van der Waals surface area contributed by atoms with E-state index < -0.39 is 0 Å². The Balaban J connectivity index is 2.34. The largest absolute Gasteiger partial charge is 0.317 e. The van der Waals surface area contributed by atoms with E-state index in [9.17, 15) is 0 Å². The van der Waals surface area contributed by atoms with Crippen molar-refractivity contribution >= 4 is 0 Å². The van der Waals surface area contributed by atoms with Crippen LogP contribution in [0.3, 0.4) is 0 Å². The molecule has 0 saturated heterocycles. The topological polar surface area (TPSA) is 12.0 Å². The lowest BCUT2D eigenvalue weighted by Gasteiger charge is -2.14. The molecular weight excluding hydrogens is 134 g/mol. The first-order valence-corrected chi connectivity index (χ1v) is 4.57. The molecule has 1 aliphatic carbocycles. The van der Waals surface area contributed by atoms with Crippen LogP contribution in [-0.2, 0) is 0 Å². The number of hydrogen-bond acceptors (Lipinski definition) is 1. The molecule has 0 aromatic carbocycles. The first-order valence-electron chi connectivity index (χ1n) is 4.57. The number of allylic oxidation sites excluding steroid dienone is 1. The van der Waals surface area contributed by atoms with E-state index in [2.05, 4.69) is 31.9 Å². The van der Waals surface area contributed by atoms with Crippen LogP contribution in [0.1, 0.15) is 26.2 Å². The van der Waals surface area contributed by atoms with Gasteiger partial charge in [-0.2, -0.15) is 0 Å². The normalized spacial score (nSPS) is 33.6. The van der Waals surface area contributed by atoms with Crippen molar-refractivity contribution in [2.45, 2.75) is 32.2 Å². The minimum atomic E-state index is 0.702. The smallest absolute Gasteiger partial charge is 0.00670 e. The molecule has 3 unspecified atom stereocenters. The average molecular weight is 153 g/mol. The fraction of sp³-hybridized carbons (Fsp3) is 0.800. The standard InChI is InChI=1S/C10H19N/c1-4-8(2)9-5-6-10(7-9)11-3/h4,8-11H,1,5-7H2,2-3H3. The van der Waals surface area contributed by atoms with Crippen molar-refractivity contribution in [2.24, 2.45) is 11.8 Å². The summed E-state index contributed by atoms with van der Waals surface area (Å²) in [6.45, 7) is 6.11. The highest BCUT2D eigenvalue weighted by atomic mass is 14.9. The Labute approximate surface area is 69.9 Å². The molecule has 1 aliphatic rings. The average Bonchev–Trinajstić information content (AvgIpc) is 2.50. The zero-order chi connectivity index (χ0) is 8.27. The van der Waals surface area contributed by atoms with Crippen LogP contribution in [0.2, 0.25) is 0 Å². The highest BCUT2D eigenvalue weighted by molar-refractivity contribution is 4.88. The molecule has 0 aromatic rings. The quantitative estimate of drug-likeness (QED) is 0.613. The second-order valence-electron chi connectivity index (χ2n) is 3.65. The first-order chi connectivity index (χ1) is 5.27. The summed E-state index contributed by atoms with van der Waals surface area (Å²) in [5.74, 6) is 1.58. The van der Waals surface area contributed by atoms with Gasteiger partial charge in [0.15, 0.2) is 0 Å². The van der Waals surface area contributed by atoms with E-state index in [0.29, 0.717) is 5.92 Å². The molecule has 0 spiro atoms. The molecule has 0 amide bonds. The van der Waals surface area contributed by atoms with E-state index in [1.54, 1.807) is 0 Å². The number of rotatable bonds is 3. The Morgan fingerprint density at radius 2 is 2.27 bits per heavy atom. The van der Waals surface area contributed by atoms with Gasteiger partial charge in [0.1, 0.15) is 0 Å². The molecule has 1 rings (SSSR count). The molecular formula is C10H19N. The Hall–Kier alpha value is -0.300. The van der Waals surface area contributed by atoms with E-state index in [1.807, 2.05) is 0 Å². The van der Waals surface area contributed by atoms with Crippen LogP contribution in [0.4, 0.5) is 0 Å². The predicted octanol–water partition coefficient (Wildman–Crippen LogP) is 2.20. The van der Waals surface area contributed by atoms with Crippen LogP contribution in [0.15, 0.2) is 12.7 Å². The molecule has 1 nitrogen and oxygen atoms in total. The summed E-state index contributed by atoms with van der Waals surface area (Å²) in [7, 11) is 2.06. The third kappa shape index (κ3) is 2.06. The molecule has 0 aromatic heterocycles. The van der Waals surface area contributed by atoms with Gasteiger partial charge in [-0.05, 0) is 38.1 Å². The van der Waals surface area contributed by atoms with E-state index in [-0.39, 0.29) is 0 Å². The van der Waals surface area contributed by atoms with Crippen LogP contribution in [0.5, 0.6) is 0 Å². The molecule has 0 bridgehead atoms. The maximum atomic E-state index is 3.84. The van der Waals surface area contributed by atoms with Crippen LogP contribution in [-0.4, -0.2) is 13.1 Å². The van der Waals surface area contributed by atoms with E-state index in [4.69, 9.17) is 0 Å². The van der Waals surface area contributed by atoms with Crippen molar-refractivity contribution in [1.82, 2.24) is 5.32 Å². The van der Waals surface area contributed by atoms with Crippen molar-refractivity contribution < 1.29 is 0 Å². The van der Waals surface area contributed by atoms with Crippen LogP contribution in [0, 0.1) is 11.8 Å². The highest BCUT2D eigenvalue weighted by Crippen LogP contribution is 2.31. The zero-order valence-electron chi connectivity index (χ0n) is 7.64. The molecule has 1 saturated carbocycles. The van der Waals surface area contributed by atoms with Gasteiger partial charge in [-0.15, -0.1) is 6.58 Å². The van der Waals surface area contributed by atoms with E-state index in [1.165, 1.54) is 19.3 Å². The van der Waals surface area contributed by atoms with Crippen molar-refractivity contribution in [1.29, 1.82) is 0 Å². The van der Waals surface area contributed by atoms with Gasteiger partial charge in [0, 0.05) is 6.04 Å². The van der Waals surface area contributed by atoms with Crippen molar-refractivity contribution in [3.63, 3.8) is 0 Å². The van der Waals surface area contributed by atoms with Gasteiger partial charge in [-0.1, -0.05) is 13.0 Å². The maximum absolute atomic E-state index is 3.84. The van der Waals surface area contributed by atoms with Gasteiger partial charge < -0.3 is 5.32 Å². The highest BCUT2D eigenvalue weighted by Gasteiger charge is 2.25. The Bertz CT molecular complexity index is 131. The molecule has 64 valence electrons. The summed E-state index contributed by atoms with van der Waals surface area (Å²) in [6, 6.07) is 0.766. The van der Waals surface area contributed by atoms with Crippen LogP contribution >= 0.6 is 0 Å². The van der Waals surface area contributed by atoms with Crippen LogP contribution in [0.25, 0.3) is 0 Å². The fourth-order valence-corrected chi connectivity index (χ4v) is 1.95. The Kier molecular flexibility index (Phi) is 3.13. The zero-order valence-corrected chi connectivity index (χ0v) is 7.64. The molecule has 11 heavy (non-hydrogen) atoms. The minimum absolute atomic E-state index is 0.702. The molecule has 3 atom stereocenters. The van der Waals surface area contributed by atoms with E-state index in [0.717, 1.165) is 12.0 Å². The van der Waals surface area contributed by atoms with E-state index >= 15 is 0 Å². The maximum Gasteiger partial charge on any atom is 0.00670 e. The van der Waals surface area contributed by atoms with Gasteiger partial charge in [-0.3, -0.25) is 0 Å². The monoisotopic (exact) mass is 153 g/mol. The SMILES string of the molecule is C=CC(C)C1CCC(NC)C1. The Morgan fingerprint density at radius 3 is 2.73 bits per heavy atom. The molecule has 0 radical (unpaired) electrons. The predicted molar refractivity (Wildman–Crippen MR) is 49.5 cm³/mol. The van der Waals surface area contributed by atoms with Gasteiger partial charge in [0.25, 0.3) is 0 Å². The lowest BCUT2D eigenvalue weighted by molar-refractivity contribution is 0.420. The van der Waals surface area contributed by atoms with Gasteiger partial charge in [0.05, 0.1) is 0 Å². The van der Waals surface area contributed by atoms with Gasteiger partial charge >= 0.3 is 0 Å². The van der Waals surface area contributed by atoms with Crippen molar-refractivity contribution in [3.8, 4) is 0 Å². The lowest BCUT2D eigenvalue weighted by atomic mass is 9.93. The molecule has 1 heteroatoms. The summed E-state index contributed by atoms with van der Waals surface area (Å²) in [5.41, 5.74) is 0. The summed E-state index contributed by atoms with van der Waals surface area (Å²) >= 11 is 0. The number of hydrogen-bond donors (Lipinski definition) is 1. The molecule has 0 aliphatic heterocycles. The molecule has 0 heterocycles. The fourth-order valence-electron chi connectivity index (χ4n) is 1.95. The summed E-state index contributed by atoms with van der Waals surface area (Å²) in [5, 5.41) is 3.34. The summed E-state index contributed by atoms with van der Waals surface area (Å²) in [4.78, 5) is 0.